The highest BCUT2D eigenvalue weighted by atomic mass is 15.4. The van der Waals surface area contributed by atoms with Gasteiger partial charge in [-0.1, -0.05) is 20.8 Å². The maximum Gasteiger partial charge on any atom is 0.144 e. The first-order valence-electron chi connectivity index (χ1n) is 4.98. The molecule has 0 bridgehead atoms. The van der Waals surface area contributed by atoms with E-state index in [0.29, 0.717) is 5.92 Å². The topological polar surface area (TPSA) is 49.8 Å². The van der Waals surface area contributed by atoms with E-state index in [-0.39, 0.29) is 0 Å². The van der Waals surface area contributed by atoms with E-state index in [1.54, 1.807) is 0 Å². The lowest BCUT2D eigenvalue weighted by atomic mass is 10.1. The average Bonchev–Trinajstić information content (AvgIpc) is 2.14. The van der Waals surface area contributed by atoms with Crippen LogP contribution in [0.4, 0.5) is 5.82 Å². The molecule has 0 atom stereocenters. The molecule has 4 heteroatoms. The van der Waals surface area contributed by atoms with E-state index in [4.69, 9.17) is 0 Å². The van der Waals surface area contributed by atoms with E-state index < -0.39 is 0 Å². The molecule has 14 heavy (non-hydrogen) atoms. The predicted octanol–water partition coefficient (Wildman–Crippen LogP) is 1.84. The Morgan fingerprint density at radius 1 is 1.36 bits per heavy atom. The lowest BCUT2D eigenvalue weighted by Gasteiger charge is -2.10. The van der Waals surface area contributed by atoms with Gasteiger partial charge in [0.1, 0.15) is 11.6 Å². The van der Waals surface area contributed by atoms with Gasteiger partial charge < -0.3 is 5.43 Å². The Bertz CT molecular complexity index is 296. The van der Waals surface area contributed by atoms with Crippen molar-refractivity contribution in [2.45, 2.75) is 33.6 Å². The monoisotopic (exact) mass is 194 g/mol. The summed E-state index contributed by atoms with van der Waals surface area (Å²) in [6.45, 7) is 9.05. The second-order valence-corrected chi connectivity index (χ2v) is 3.54. The molecule has 0 unspecified atom stereocenters. The number of anilines is 1. The van der Waals surface area contributed by atoms with Gasteiger partial charge in [0.2, 0.25) is 0 Å². The van der Waals surface area contributed by atoms with Crippen molar-refractivity contribution in [2.75, 3.05) is 12.0 Å². The molecule has 0 spiro atoms. The van der Waals surface area contributed by atoms with Gasteiger partial charge in [0.25, 0.3) is 0 Å². The van der Waals surface area contributed by atoms with Crippen molar-refractivity contribution in [3.63, 3.8) is 0 Å². The van der Waals surface area contributed by atoms with Gasteiger partial charge in [0.15, 0.2) is 0 Å². The minimum Gasteiger partial charge on any atom is -0.306 e. The third-order valence-electron chi connectivity index (χ3n) is 1.84. The molecule has 0 aliphatic heterocycles. The van der Waals surface area contributed by atoms with Crippen LogP contribution in [-0.4, -0.2) is 16.5 Å². The van der Waals surface area contributed by atoms with Crippen LogP contribution in [0.3, 0.4) is 0 Å². The molecular formula is C10H18N4. The molecule has 78 valence electrons. The number of hydrogen-bond donors (Lipinski definition) is 2. The van der Waals surface area contributed by atoms with Crippen molar-refractivity contribution in [1.82, 2.24) is 15.4 Å². The minimum absolute atomic E-state index is 0.430. The van der Waals surface area contributed by atoms with E-state index in [9.17, 15) is 0 Å². The molecule has 0 fully saturated rings. The van der Waals surface area contributed by atoms with Crippen molar-refractivity contribution in [1.29, 1.82) is 0 Å². The van der Waals surface area contributed by atoms with Crippen molar-refractivity contribution >= 4 is 5.82 Å². The van der Waals surface area contributed by atoms with Gasteiger partial charge >= 0.3 is 0 Å². The van der Waals surface area contributed by atoms with Gasteiger partial charge in [-0.15, -0.1) is 0 Å². The van der Waals surface area contributed by atoms with Gasteiger partial charge in [-0.2, -0.15) is 0 Å². The van der Waals surface area contributed by atoms with Crippen molar-refractivity contribution < 1.29 is 0 Å². The van der Waals surface area contributed by atoms with E-state index in [1.165, 1.54) is 0 Å². The normalized spacial score (nSPS) is 10.6. The summed E-state index contributed by atoms with van der Waals surface area (Å²) in [5, 5.41) is 0. The summed E-state index contributed by atoms with van der Waals surface area (Å²) in [6.07, 6.45) is 0. The quantitative estimate of drug-likeness (QED) is 0.718. The lowest BCUT2D eigenvalue weighted by Crippen LogP contribution is -2.22. The van der Waals surface area contributed by atoms with E-state index in [0.717, 1.165) is 23.9 Å². The Morgan fingerprint density at radius 2 is 2.07 bits per heavy atom. The van der Waals surface area contributed by atoms with Crippen LogP contribution in [0.25, 0.3) is 0 Å². The fourth-order valence-corrected chi connectivity index (χ4v) is 1.13. The highest BCUT2D eigenvalue weighted by Crippen LogP contribution is 2.14. The molecule has 1 heterocycles. The molecule has 0 radical (unpaired) electrons. The summed E-state index contributed by atoms with van der Waals surface area (Å²) in [6, 6.07) is 1.97. The van der Waals surface area contributed by atoms with Crippen LogP contribution in [0.1, 0.15) is 38.2 Å². The average molecular weight is 194 g/mol. The Balaban J connectivity index is 2.84. The summed E-state index contributed by atoms with van der Waals surface area (Å²) in [5.74, 6) is 2.07. The zero-order chi connectivity index (χ0) is 10.6. The molecule has 2 N–H and O–H groups in total. The van der Waals surface area contributed by atoms with Crippen LogP contribution in [0.5, 0.6) is 0 Å². The highest BCUT2D eigenvalue weighted by molar-refractivity contribution is 5.35. The zero-order valence-electron chi connectivity index (χ0n) is 9.26. The first-order chi connectivity index (χ1) is 6.63. The summed E-state index contributed by atoms with van der Waals surface area (Å²) < 4.78 is 0. The second-order valence-electron chi connectivity index (χ2n) is 3.54. The number of nitrogens with one attached hydrogen (secondary N) is 2. The van der Waals surface area contributed by atoms with E-state index in [1.807, 2.05) is 19.9 Å². The second kappa shape index (κ2) is 4.91. The Hall–Kier alpha value is -1.16. The minimum atomic E-state index is 0.430. The number of hydrogen-bond acceptors (Lipinski definition) is 4. The molecular weight excluding hydrogens is 176 g/mol. The molecule has 1 aromatic heterocycles. The first kappa shape index (κ1) is 10.9. The summed E-state index contributed by atoms with van der Waals surface area (Å²) in [7, 11) is 0. The number of nitrogens with zero attached hydrogens (tertiary/aromatic N) is 2. The van der Waals surface area contributed by atoms with Gasteiger partial charge in [0, 0.05) is 18.3 Å². The molecule has 0 aliphatic rings. The van der Waals surface area contributed by atoms with Crippen LogP contribution in [-0.2, 0) is 0 Å². The predicted molar refractivity (Wildman–Crippen MR) is 58.2 cm³/mol. The Morgan fingerprint density at radius 3 is 2.64 bits per heavy atom. The van der Waals surface area contributed by atoms with Gasteiger partial charge in [-0.25, -0.2) is 15.4 Å². The fraction of sp³-hybridized carbons (Fsp3) is 0.600. The van der Waals surface area contributed by atoms with Gasteiger partial charge in [-0.3, -0.25) is 0 Å². The maximum atomic E-state index is 4.36. The molecule has 4 nitrogen and oxygen atoms in total. The van der Waals surface area contributed by atoms with Crippen LogP contribution in [0.15, 0.2) is 6.07 Å². The molecule has 0 aromatic carbocycles. The largest absolute Gasteiger partial charge is 0.306 e. The Kier molecular flexibility index (Phi) is 3.83. The van der Waals surface area contributed by atoms with Crippen molar-refractivity contribution in [3.8, 4) is 0 Å². The Labute approximate surface area is 85.1 Å². The molecule has 0 saturated heterocycles. The van der Waals surface area contributed by atoms with Crippen molar-refractivity contribution in [3.05, 3.63) is 17.6 Å². The maximum absolute atomic E-state index is 4.36. The summed E-state index contributed by atoms with van der Waals surface area (Å²) >= 11 is 0. The van der Waals surface area contributed by atoms with Crippen LogP contribution in [0.2, 0.25) is 0 Å². The number of aryl methyl sites for hydroxylation is 1. The van der Waals surface area contributed by atoms with Crippen LogP contribution < -0.4 is 10.9 Å². The zero-order valence-corrected chi connectivity index (χ0v) is 9.26. The van der Waals surface area contributed by atoms with E-state index in [2.05, 4.69) is 34.7 Å². The lowest BCUT2D eigenvalue weighted by molar-refractivity contribution is 0.788. The summed E-state index contributed by atoms with van der Waals surface area (Å²) in [5.41, 5.74) is 7.11. The SMILES string of the molecule is CCNNc1cc(C(C)C)nc(C)n1. The first-order valence-corrected chi connectivity index (χ1v) is 4.98. The van der Waals surface area contributed by atoms with E-state index >= 15 is 0 Å². The molecule has 1 rings (SSSR count). The highest BCUT2D eigenvalue weighted by Gasteiger charge is 2.04. The smallest absolute Gasteiger partial charge is 0.144 e. The third-order valence-corrected chi connectivity index (χ3v) is 1.84. The molecule has 1 aromatic rings. The summed E-state index contributed by atoms with van der Waals surface area (Å²) in [4.78, 5) is 8.63. The van der Waals surface area contributed by atoms with Gasteiger partial charge in [0.05, 0.1) is 0 Å². The molecule has 0 amide bonds. The third kappa shape index (κ3) is 2.96. The molecule has 0 saturated carbocycles. The van der Waals surface area contributed by atoms with Crippen LogP contribution in [0, 0.1) is 6.92 Å². The van der Waals surface area contributed by atoms with Gasteiger partial charge in [-0.05, 0) is 12.8 Å². The molecule has 0 aliphatic carbocycles. The number of hydrazine groups is 1. The van der Waals surface area contributed by atoms with Crippen molar-refractivity contribution in [2.24, 2.45) is 0 Å². The van der Waals surface area contributed by atoms with Crippen LogP contribution >= 0.6 is 0 Å². The number of aromatic nitrogens is 2. The number of rotatable bonds is 4. The standard InChI is InChI=1S/C10H18N4/c1-5-11-14-10-6-9(7(2)3)12-8(4)13-10/h6-7,11H,5H2,1-4H3,(H,12,13,14). The fourth-order valence-electron chi connectivity index (χ4n) is 1.13.